The summed E-state index contributed by atoms with van der Waals surface area (Å²) in [5.41, 5.74) is 1.52. The number of carbonyl (C=O) groups excluding carboxylic acids is 3. The standard InChI is InChI=1S/C30H43N3O5/c1-10-21(5)33(28(35)25(19(2)3)32-29(36)38-30(6,7)8)26(22-13-11-12-20(4)18-22)27(34)31-23-14-16-24(37-9)17-15-23/h11-19,21,25-26H,10H2,1-9H3,(H,31,34)(H,32,36). The van der Waals surface area contributed by atoms with Gasteiger partial charge in [-0.15, -0.1) is 0 Å². The molecule has 8 heteroatoms. The fraction of sp³-hybridized carbons (Fsp3) is 0.500. The third-order valence-electron chi connectivity index (χ3n) is 6.17. The number of carbonyl (C=O) groups is 3. The van der Waals surface area contributed by atoms with E-state index in [-0.39, 0.29) is 23.8 Å². The summed E-state index contributed by atoms with van der Waals surface area (Å²) in [6.07, 6.45) is -0.0651. The average molecular weight is 526 g/mol. The van der Waals surface area contributed by atoms with Crippen LogP contribution in [0.1, 0.15) is 72.1 Å². The Balaban J connectivity index is 2.53. The number of nitrogens with zero attached hydrogens (tertiary/aromatic N) is 1. The molecule has 0 aliphatic heterocycles. The second kappa shape index (κ2) is 13.3. The molecule has 0 bridgehead atoms. The van der Waals surface area contributed by atoms with Crippen LogP contribution in [0, 0.1) is 12.8 Å². The number of amides is 3. The molecule has 2 N–H and O–H groups in total. The van der Waals surface area contributed by atoms with Crippen LogP contribution in [0.25, 0.3) is 0 Å². The second-order valence-corrected chi connectivity index (χ2v) is 10.9. The molecule has 8 nitrogen and oxygen atoms in total. The second-order valence-electron chi connectivity index (χ2n) is 10.9. The third-order valence-corrected chi connectivity index (χ3v) is 6.17. The van der Waals surface area contributed by atoms with Crippen molar-refractivity contribution in [3.8, 4) is 5.75 Å². The Labute approximate surface area is 227 Å². The molecule has 3 atom stereocenters. The number of nitrogens with one attached hydrogen (secondary N) is 2. The number of anilines is 1. The lowest BCUT2D eigenvalue weighted by Crippen LogP contribution is -2.56. The highest BCUT2D eigenvalue weighted by Crippen LogP contribution is 2.29. The fourth-order valence-corrected chi connectivity index (χ4v) is 4.07. The number of hydrogen-bond donors (Lipinski definition) is 2. The normalized spacial score (nSPS) is 13.7. The molecule has 2 rings (SSSR count). The van der Waals surface area contributed by atoms with Gasteiger partial charge in [0.1, 0.15) is 23.4 Å². The van der Waals surface area contributed by atoms with Gasteiger partial charge in [0.25, 0.3) is 5.91 Å². The summed E-state index contributed by atoms with van der Waals surface area (Å²) in [6.45, 7) is 14.8. The zero-order valence-corrected chi connectivity index (χ0v) is 24.1. The predicted molar refractivity (Wildman–Crippen MR) is 150 cm³/mol. The third kappa shape index (κ3) is 8.50. The number of methoxy groups -OCH3 is 1. The highest BCUT2D eigenvalue weighted by Gasteiger charge is 2.39. The number of hydrogen-bond acceptors (Lipinski definition) is 5. The van der Waals surface area contributed by atoms with Gasteiger partial charge in [0, 0.05) is 11.7 Å². The quantitative estimate of drug-likeness (QED) is 0.405. The molecule has 2 aromatic rings. The molecule has 38 heavy (non-hydrogen) atoms. The van der Waals surface area contributed by atoms with Crippen LogP contribution in [0.5, 0.6) is 5.75 Å². The molecule has 208 valence electrons. The number of alkyl carbamates (subject to hydrolysis) is 1. The van der Waals surface area contributed by atoms with E-state index >= 15 is 0 Å². The first-order valence-corrected chi connectivity index (χ1v) is 13.1. The van der Waals surface area contributed by atoms with Crippen LogP contribution in [0.15, 0.2) is 48.5 Å². The number of aryl methyl sites for hydroxylation is 1. The van der Waals surface area contributed by atoms with Crippen LogP contribution in [0.2, 0.25) is 0 Å². The summed E-state index contributed by atoms with van der Waals surface area (Å²) in [6, 6.07) is 12.5. The van der Waals surface area contributed by atoms with E-state index in [4.69, 9.17) is 9.47 Å². The van der Waals surface area contributed by atoms with Crippen molar-refractivity contribution in [2.75, 3.05) is 12.4 Å². The Kier molecular flexibility index (Phi) is 10.7. The molecular weight excluding hydrogens is 482 g/mol. The van der Waals surface area contributed by atoms with Gasteiger partial charge in [-0.05, 0) is 76.8 Å². The molecule has 0 aliphatic carbocycles. The van der Waals surface area contributed by atoms with Crippen molar-refractivity contribution in [1.82, 2.24) is 10.2 Å². The van der Waals surface area contributed by atoms with Gasteiger partial charge in [-0.25, -0.2) is 4.79 Å². The van der Waals surface area contributed by atoms with Gasteiger partial charge in [0.15, 0.2) is 0 Å². The van der Waals surface area contributed by atoms with Crippen molar-refractivity contribution in [2.24, 2.45) is 5.92 Å². The molecule has 0 saturated heterocycles. The molecule has 2 aromatic carbocycles. The van der Waals surface area contributed by atoms with E-state index < -0.39 is 23.8 Å². The van der Waals surface area contributed by atoms with Crippen molar-refractivity contribution in [1.29, 1.82) is 0 Å². The maximum atomic E-state index is 14.2. The highest BCUT2D eigenvalue weighted by atomic mass is 16.6. The van der Waals surface area contributed by atoms with Gasteiger partial charge in [-0.3, -0.25) is 9.59 Å². The smallest absolute Gasteiger partial charge is 0.408 e. The average Bonchev–Trinajstić information content (AvgIpc) is 2.84. The van der Waals surface area contributed by atoms with Gasteiger partial charge in [0.05, 0.1) is 7.11 Å². The van der Waals surface area contributed by atoms with Crippen molar-refractivity contribution in [3.05, 3.63) is 59.7 Å². The van der Waals surface area contributed by atoms with Crippen molar-refractivity contribution in [2.45, 2.75) is 85.5 Å². The highest BCUT2D eigenvalue weighted by molar-refractivity contribution is 5.99. The maximum Gasteiger partial charge on any atom is 0.408 e. The summed E-state index contributed by atoms with van der Waals surface area (Å²) in [7, 11) is 1.58. The van der Waals surface area contributed by atoms with Gasteiger partial charge >= 0.3 is 6.09 Å². The van der Waals surface area contributed by atoms with E-state index in [1.807, 2.05) is 58.9 Å². The number of rotatable bonds is 10. The van der Waals surface area contributed by atoms with Crippen molar-refractivity contribution < 1.29 is 23.9 Å². The minimum absolute atomic E-state index is 0.246. The molecule has 0 aliphatic rings. The van der Waals surface area contributed by atoms with E-state index in [9.17, 15) is 14.4 Å². The number of benzene rings is 2. The molecule has 0 heterocycles. The van der Waals surface area contributed by atoms with Crippen molar-refractivity contribution in [3.63, 3.8) is 0 Å². The molecule has 3 unspecified atom stereocenters. The fourth-order valence-electron chi connectivity index (χ4n) is 4.07. The summed E-state index contributed by atoms with van der Waals surface area (Å²) in [5, 5.41) is 5.72. The van der Waals surface area contributed by atoms with Gasteiger partial charge in [-0.1, -0.05) is 50.6 Å². The Morgan fingerprint density at radius 3 is 2.13 bits per heavy atom. The molecular formula is C30H43N3O5. The first-order chi connectivity index (χ1) is 17.8. The monoisotopic (exact) mass is 525 g/mol. The zero-order chi connectivity index (χ0) is 28.6. The van der Waals surface area contributed by atoms with Gasteiger partial charge < -0.3 is 25.0 Å². The summed E-state index contributed by atoms with van der Waals surface area (Å²) >= 11 is 0. The topological polar surface area (TPSA) is 97.0 Å². The molecule has 0 saturated carbocycles. The van der Waals surface area contributed by atoms with Crippen LogP contribution in [0.4, 0.5) is 10.5 Å². The first-order valence-electron chi connectivity index (χ1n) is 13.1. The SMILES string of the molecule is CCC(C)N(C(=O)C(NC(=O)OC(C)(C)C)C(C)C)C(C(=O)Nc1ccc(OC)cc1)c1cccc(C)c1. The Morgan fingerprint density at radius 1 is 1.00 bits per heavy atom. The molecule has 0 spiro atoms. The predicted octanol–water partition coefficient (Wildman–Crippen LogP) is 5.86. The lowest BCUT2D eigenvalue weighted by atomic mass is 9.96. The van der Waals surface area contributed by atoms with E-state index in [1.54, 1.807) is 57.0 Å². The molecule has 0 aromatic heterocycles. The summed E-state index contributed by atoms with van der Waals surface area (Å²) in [5.74, 6) is -0.280. The maximum absolute atomic E-state index is 14.2. The van der Waals surface area contributed by atoms with Crippen LogP contribution in [-0.2, 0) is 14.3 Å². The van der Waals surface area contributed by atoms with Crippen LogP contribution in [0.3, 0.4) is 0 Å². The Bertz CT molecular complexity index is 1090. The van der Waals surface area contributed by atoms with Crippen molar-refractivity contribution >= 4 is 23.6 Å². The Morgan fingerprint density at radius 2 is 1.63 bits per heavy atom. The van der Waals surface area contributed by atoms with E-state index in [2.05, 4.69) is 10.6 Å². The molecule has 0 radical (unpaired) electrons. The molecule has 3 amide bonds. The largest absolute Gasteiger partial charge is 0.497 e. The van der Waals surface area contributed by atoms with E-state index in [0.717, 1.165) is 5.56 Å². The summed E-state index contributed by atoms with van der Waals surface area (Å²) in [4.78, 5) is 42.3. The molecule has 0 fully saturated rings. The van der Waals surface area contributed by atoms with Crippen LogP contribution in [-0.4, -0.2) is 47.6 Å². The van der Waals surface area contributed by atoms with Gasteiger partial charge in [-0.2, -0.15) is 0 Å². The zero-order valence-electron chi connectivity index (χ0n) is 24.1. The summed E-state index contributed by atoms with van der Waals surface area (Å²) < 4.78 is 10.7. The minimum atomic E-state index is -0.930. The van der Waals surface area contributed by atoms with E-state index in [0.29, 0.717) is 23.4 Å². The van der Waals surface area contributed by atoms with Crippen LogP contribution < -0.4 is 15.4 Å². The first kappa shape index (κ1) is 30.7. The lowest BCUT2D eigenvalue weighted by Gasteiger charge is -2.39. The van der Waals surface area contributed by atoms with Gasteiger partial charge in [0.2, 0.25) is 5.91 Å². The van der Waals surface area contributed by atoms with E-state index in [1.165, 1.54) is 0 Å². The number of ether oxygens (including phenoxy) is 2. The Hall–Kier alpha value is -3.55. The minimum Gasteiger partial charge on any atom is -0.497 e. The van der Waals surface area contributed by atoms with Crippen LogP contribution >= 0.6 is 0 Å². The lowest BCUT2D eigenvalue weighted by molar-refractivity contribution is -0.144.